The van der Waals surface area contributed by atoms with Crippen molar-refractivity contribution >= 4 is 74.2 Å². The summed E-state index contributed by atoms with van der Waals surface area (Å²) in [6, 6.07) is 16.0. The minimum Gasteiger partial charge on any atom is -0.496 e. The maximum Gasteiger partial charge on any atom is 0.240 e. The number of hydrogen-bond donors (Lipinski definition) is 0. The third-order valence-electron chi connectivity index (χ3n) is 7.23. The number of para-hydroxylation sites is 1. The molecule has 6 nitrogen and oxygen atoms in total. The maximum absolute atomic E-state index is 14.2. The highest BCUT2D eigenvalue weighted by Crippen LogP contribution is 2.50. The number of methoxy groups -OCH3 is 1. The third-order valence-corrected chi connectivity index (χ3v) is 8.28. The number of anilines is 2. The van der Waals surface area contributed by atoms with Gasteiger partial charge in [-0.3, -0.25) is 14.4 Å². The lowest BCUT2D eigenvalue weighted by Gasteiger charge is -2.36. The molecule has 37 heavy (non-hydrogen) atoms. The number of fused-ring (bicyclic) bond motifs is 5. The molecule has 0 saturated carbocycles. The lowest BCUT2D eigenvalue weighted by molar-refractivity contribution is -0.122. The topological polar surface area (TPSA) is 66.9 Å². The van der Waals surface area contributed by atoms with Gasteiger partial charge in [-0.1, -0.05) is 53.6 Å². The fourth-order valence-corrected chi connectivity index (χ4v) is 6.78. The van der Waals surface area contributed by atoms with E-state index < -0.39 is 29.8 Å². The van der Waals surface area contributed by atoms with Gasteiger partial charge < -0.3 is 9.64 Å². The van der Waals surface area contributed by atoms with E-state index in [-0.39, 0.29) is 11.7 Å². The predicted octanol–water partition coefficient (Wildman–Crippen LogP) is 6.04. The highest BCUT2D eigenvalue weighted by molar-refractivity contribution is 9.10. The van der Waals surface area contributed by atoms with E-state index in [1.165, 1.54) is 18.2 Å². The molecule has 0 N–H and O–H groups in total. The van der Waals surface area contributed by atoms with Gasteiger partial charge in [0, 0.05) is 21.3 Å². The van der Waals surface area contributed by atoms with Gasteiger partial charge in [-0.15, -0.1) is 0 Å². The number of hydrogen-bond acceptors (Lipinski definition) is 5. The summed E-state index contributed by atoms with van der Waals surface area (Å²) >= 11 is 15.8. The molecule has 2 saturated heterocycles. The highest BCUT2D eigenvalue weighted by Gasteiger charge is 2.64. The van der Waals surface area contributed by atoms with E-state index in [0.717, 1.165) is 16.2 Å². The minimum atomic E-state index is -0.891. The van der Waals surface area contributed by atoms with Gasteiger partial charge in [0.25, 0.3) is 0 Å². The van der Waals surface area contributed by atoms with Crippen molar-refractivity contribution < 1.29 is 19.1 Å². The van der Waals surface area contributed by atoms with E-state index in [0.29, 0.717) is 31.5 Å². The molecule has 3 aliphatic heterocycles. The average Bonchev–Trinajstić information content (AvgIpc) is 3.35. The van der Waals surface area contributed by atoms with E-state index in [2.05, 4.69) is 15.9 Å². The van der Waals surface area contributed by atoms with Gasteiger partial charge in [-0.25, -0.2) is 4.90 Å². The maximum atomic E-state index is 14.2. The largest absolute Gasteiger partial charge is 0.496 e. The average molecular weight is 598 g/mol. The summed E-state index contributed by atoms with van der Waals surface area (Å²) in [6.45, 7) is 0. The van der Waals surface area contributed by atoms with E-state index >= 15 is 0 Å². The molecule has 186 valence electrons. The predicted molar refractivity (Wildman–Crippen MR) is 146 cm³/mol. The number of ketones is 1. The second-order valence-electron chi connectivity index (χ2n) is 9.17. The molecular weight excluding hydrogens is 579 g/mol. The molecule has 2 amide bonds. The minimum absolute atomic E-state index is 0.252. The van der Waals surface area contributed by atoms with E-state index in [1.807, 2.05) is 41.3 Å². The molecule has 0 unspecified atom stereocenters. The van der Waals surface area contributed by atoms with E-state index in [4.69, 9.17) is 27.9 Å². The first-order chi connectivity index (χ1) is 17.8. The molecule has 3 aromatic carbocycles. The monoisotopic (exact) mass is 596 g/mol. The Morgan fingerprint density at radius 3 is 2.35 bits per heavy atom. The van der Waals surface area contributed by atoms with Crippen molar-refractivity contribution in [3.8, 4) is 5.75 Å². The molecule has 0 bridgehead atoms. The Morgan fingerprint density at radius 2 is 1.65 bits per heavy atom. The number of ether oxygens (including phenoxy) is 1. The first-order valence-electron chi connectivity index (χ1n) is 11.6. The second-order valence-corrected chi connectivity index (χ2v) is 10.9. The number of Topliss-reactive ketones (excluding diaryl/α,β-unsaturated/α-hetero) is 1. The quantitative estimate of drug-likeness (QED) is 0.271. The van der Waals surface area contributed by atoms with Crippen LogP contribution in [0.5, 0.6) is 5.75 Å². The van der Waals surface area contributed by atoms with Crippen LogP contribution < -0.4 is 14.5 Å². The van der Waals surface area contributed by atoms with Crippen LogP contribution in [0.3, 0.4) is 0 Å². The zero-order valence-corrected chi connectivity index (χ0v) is 22.5. The smallest absolute Gasteiger partial charge is 0.240 e. The number of nitrogens with zero attached hydrogens (tertiary/aromatic N) is 2. The molecule has 0 radical (unpaired) electrons. The molecule has 3 aromatic rings. The number of imide groups is 1. The van der Waals surface area contributed by atoms with Crippen LogP contribution in [0.2, 0.25) is 10.0 Å². The van der Waals surface area contributed by atoms with Crippen molar-refractivity contribution in [2.45, 2.75) is 12.1 Å². The number of rotatable bonds is 4. The molecule has 2 fully saturated rings. The van der Waals surface area contributed by atoms with Gasteiger partial charge >= 0.3 is 0 Å². The number of halogens is 3. The van der Waals surface area contributed by atoms with Crippen LogP contribution in [-0.2, 0) is 9.59 Å². The zero-order valence-electron chi connectivity index (χ0n) is 19.4. The molecular formula is C28H19BrCl2N2O4. The first-order valence-corrected chi connectivity index (χ1v) is 13.1. The Labute approximate surface area is 231 Å². The Kier molecular flexibility index (Phi) is 5.90. The normalized spacial score (nSPS) is 23.7. The van der Waals surface area contributed by atoms with E-state index in [9.17, 15) is 14.4 Å². The van der Waals surface area contributed by atoms with Crippen LogP contribution in [0, 0.1) is 11.8 Å². The van der Waals surface area contributed by atoms with Crippen LogP contribution in [0.15, 0.2) is 71.2 Å². The van der Waals surface area contributed by atoms with Crippen molar-refractivity contribution in [3.63, 3.8) is 0 Å². The van der Waals surface area contributed by atoms with Gasteiger partial charge in [0.1, 0.15) is 11.8 Å². The Morgan fingerprint density at radius 1 is 0.946 bits per heavy atom. The second kappa shape index (κ2) is 9.01. The van der Waals surface area contributed by atoms with Crippen LogP contribution >= 0.6 is 39.1 Å². The lowest BCUT2D eigenvalue weighted by Crippen LogP contribution is -2.48. The van der Waals surface area contributed by atoms with Crippen LogP contribution in [0.1, 0.15) is 15.9 Å². The Bertz CT molecular complexity index is 1500. The fraction of sp³-hybridized carbons (Fsp3) is 0.179. The summed E-state index contributed by atoms with van der Waals surface area (Å²) in [6.07, 6.45) is 3.86. The van der Waals surface area contributed by atoms with Crippen molar-refractivity contribution in [2.75, 3.05) is 16.9 Å². The summed E-state index contributed by atoms with van der Waals surface area (Å²) in [5.41, 5.74) is 2.44. The summed E-state index contributed by atoms with van der Waals surface area (Å²) in [7, 11) is 1.55. The van der Waals surface area contributed by atoms with Gasteiger partial charge in [0.2, 0.25) is 11.8 Å². The van der Waals surface area contributed by atoms with Gasteiger partial charge in [0.05, 0.1) is 35.1 Å². The fourth-order valence-electron chi connectivity index (χ4n) is 5.73. The molecule has 0 aliphatic carbocycles. The van der Waals surface area contributed by atoms with Crippen molar-refractivity contribution in [1.82, 2.24) is 0 Å². The zero-order chi connectivity index (χ0) is 26.0. The molecule has 6 rings (SSSR count). The molecule has 0 spiro atoms. The standard InChI is InChI=1S/C28H19BrCl2N2O4/c1-37-22-9-7-15(10-19(22)29)26(34)25-24-23(21-8-6-14-4-2-3-5-20(14)33(21)25)27(35)32(28(24)36)18-12-16(30)11-17(31)13-18/h2-13,21,23-25H,1H3/t21-,23-,24+,25+/m1/s1. The third kappa shape index (κ3) is 3.71. The van der Waals surface area contributed by atoms with Gasteiger partial charge in [-0.05, 0) is 64.0 Å². The molecule has 0 aromatic heterocycles. The highest BCUT2D eigenvalue weighted by atomic mass is 79.9. The lowest BCUT2D eigenvalue weighted by atomic mass is 9.86. The van der Waals surface area contributed by atoms with Crippen LogP contribution in [0.4, 0.5) is 11.4 Å². The van der Waals surface area contributed by atoms with Gasteiger partial charge in [-0.2, -0.15) is 0 Å². The van der Waals surface area contributed by atoms with E-state index in [1.54, 1.807) is 25.3 Å². The van der Waals surface area contributed by atoms with Gasteiger partial charge in [0.15, 0.2) is 5.78 Å². The van der Waals surface area contributed by atoms with Crippen LogP contribution in [0.25, 0.3) is 6.08 Å². The first kappa shape index (κ1) is 24.2. The summed E-state index contributed by atoms with van der Waals surface area (Å²) in [5, 5.41) is 0.618. The van der Waals surface area contributed by atoms with Crippen molar-refractivity contribution in [3.05, 3.63) is 92.4 Å². The summed E-state index contributed by atoms with van der Waals surface area (Å²) < 4.78 is 5.94. The molecule has 9 heteroatoms. The van der Waals surface area contributed by atoms with Crippen molar-refractivity contribution in [2.24, 2.45) is 11.8 Å². The summed E-state index contributed by atoms with van der Waals surface area (Å²) in [5.74, 6) is -2.12. The molecule has 4 atom stereocenters. The van der Waals surface area contributed by atoms with Crippen molar-refractivity contribution in [1.29, 1.82) is 0 Å². The Balaban J connectivity index is 1.49. The Hall–Kier alpha value is -3.13. The number of carbonyl (C=O) groups is 3. The SMILES string of the molecule is COc1ccc(C(=O)[C@@H]2[C@H]3C(=O)N(c4cc(Cl)cc(Cl)c4)C(=O)[C@@H]3[C@H]3C=Cc4ccccc4N32)cc1Br. The molecule has 3 aliphatic rings. The number of amides is 2. The summed E-state index contributed by atoms with van der Waals surface area (Å²) in [4.78, 5) is 45.0. The van der Waals surface area contributed by atoms with Crippen LogP contribution in [-0.4, -0.2) is 36.8 Å². The number of benzene rings is 3. The molecule has 3 heterocycles. The number of carbonyl (C=O) groups excluding carboxylic acids is 3.